The Morgan fingerprint density at radius 1 is 1.53 bits per heavy atom. The smallest absolute Gasteiger partial charge is 0.223 e. The molecule has 1 aliphatic rings. The third kappa shape index (κ3) is 2.39. The van der Waals surface area contributed by atoms with Crippen LogP contribution < -0.4 is 11.1 Å². The van der Waals surface area contributed by atoms with Crippen LogP contribution in [0.1, 0.15) is 18.9 Å². The van der Waals surface area contributed by atoms with E-state index in [2.05, 4.69) is 5.32 Å². The molecule has 1 saturated heterocycles. The van der Waals surface area contributed by atoms with E-state index in [-0.39, 0.29) is 12.5 Å². The van der Waals surface area contributed by atoms with Crippen molar-refractivity contribution in [2.75, 3.05) is 18.9 Å². The van der Waals surface area contributed by atoms with Crippen LogP contribution in [0.15, 0.2) is 18.2 Å². The molecule has 0 spiro atoms. The number of rotatable bonds is 1. The molecule has 17 heavy (non-hydrogen) atoms. The monoisotopic (exact) mass is 238 g/mol. The van der Waals surface area contributed by atoms with Gasteiger partial charge in [-0.2, -0.15) is 0 Å². The van der Waals surface area contributed by atoms with Crippen molar-refractivity contribution in [2.24, 2.45) is 0 Å². The van der Waals surface area contributed by atoms with Crippen molar-refractivity contribution in [2.45, 2.75) is 18.9 Å². The van der Waals surface area contributed by atoms with E-state index in [1.165, 1.54) is 18.2 Å². The zero-order valence-electron chi connectivity index (χ0n) is 9.63. The Morgan fingerprint density at radius 2 is 2.29 bits per heavy atom. The molecule has 92 valence electrons. The Bertz CT molecular complexity index is 450. The molecule has 0 radical (unpaired) electrons. The Labute approximate surface area is 98.9 Å². The molecule has 4 nitrogen and oxygen atoms in total. The van der Waals surface area contributed by atoms with Crippen LogP contribution in [0.4, 0.5) is 10.1 Å². The Kier molecular flexibility index (Phi) is 3.02. The van der Waals surface area contributed by atoms with E-state index < -0.39 is 11.4 Å². The highest BCUT2D eigenvalue weighted by atomic mass is 19.1. The fourth-order valence-corrected chi connectivity index (χ4v) is 1.96. The van der Waals surface area contributed by atoms with Crippen molar-refractivity contribution >= 4 is 11.6 Å². The molecule has 1 amide bonds. The van der Waals surface area contributed by atoms with Crippen molar-refractivity contribution < 1.29 is 13.9 Å². The molecule has 2 rings (SSSR count). The van der Waals surface area contributed by atoms with Gasteiger partial charge in [-0.3, -0.25) is 4.79 Å². The van der Waals surface area contributed by atoms with Crippen LogP contribution in [0.25, 0.3) is 0 Å². The predicted octanol–water partition coefficient (Wildman–Crippen LogP) is 1.16. The van der Waals surface area contributed by atoms with E-state index in [1.54, 1.807) is 6.92 Å². The molecule has 0 bridgehead atoms. The van der Waals surface area contributed by atoms with Crippen LogP contribution in [0.5, 0.6) is 0 Å². The molecule has 0 aromatic heterocycles. The first-order chi connectivity index (χ1) is 8.01. The van der Waals surface area contributed by atoms with Gasteiger partial charge in [0.15, 0.2) is 0 Å². The summed E-state index contributed by atoms with van der Waals surface area (Å²) >= 11 is 0. The largest absolute Gasteiger partial charge is 0.399 e. The van der Waals surface area contributed by atoms with Crippen molar-refractivity contribution in [3.05, 3.63) is 29.6 Å². The lowest BCUT2D eigenvalue weighted by atomic mass is 9.92. The third-order valence-electron chi connectivity index (χ3n) is 2.86. The quantitative estimate of drug-likeness (QED) is 0.722. The molecule has 1 unspecified atom stereocenters. The van der Waals surface area contributed by atoms with Crippen molar-refractivity contribution in [1.29, 1.82) is 0 Å². The number of nitrogens with one attached hydrogen (secondary N) is 1. The van der Waals surface area contributed by atoms with E-state index in [9.17, 15) is 9.18 Å². The van der Waals surface area contributed by atoms with Gasteiger partial charge in [-0.05, 0) is 25.1 Å². The highest BCUT2D eigenvalue weighted by Gasteiger charge is 2.33. The Hall–Kier alpha value is -1.62. The number of carbonyl (C=O) groups is 1. The van der Waals surface area contributed by atoms with Gasteiger partial charge < -0.3 is 15.8 Å². The topological polar surface area (TPSA) is 64.3 Å². The summed E-state index contributed by atoms with van der Waals surface area (Å²) in [5, 5.41) is 2.78. The lowest BCUT2D eigenvalue weighted by Crippen LogP contribution is -2.45. The SMILES string of the molecule is CC1(c2cc(N)ccc2F)COCCC(=O)N1. The van der Waals surface area contributed by atoms with Gasteiger partial charge in [0.05, 0.1) is 18.8 Å². The minimum absolute atomic E-state index is 0.146. The molecule has 1 fully saturated rings. The van der Waals surface area contributed by atoms with Crippen molar-refractivity contribution in [1.82, 2.24) is 5.32 Å². The number of ether oxygens (including phenoxy) is 1. The van der Waals surface area contributed by atoms with Gasteiger partial charge in [-0.25, -0.2) is 4.39 Å². The normalized spacial score (nSPS) is 25.2. The van der Waals surface area contributed by atoms with Gasteiger partial charge in [-0.15, -0.1) is 0 Å². The summed E-state index contributed by atoms with van der Waals surface area (Å²) in [6.45, 7) is 2.32. The van der Waals surface area contributed by atoms with Crippen LogP contribution in [0.3, 0.4) is 0 Å². The van der Waals surface area contributed by atoms with Gasteiger partial charge >= 0.3 is 0 Å². The fourth-order valence-electron chi connectivity index (χ4n) is 1.96. The second kappa shape index (κ2) is 4.33. The molecule has 0 saturated carbocycles. The lowest BCUT2D eigenvalue weighted by Gasteiger charge is -2.29. The Balaban J connectivity index is 2.41. The van der Waals surface area contributed by atoms with Gasteiger partial charge in [0.2, 0.25) is 5.91 Å². The first-order valence-electron chi connectivity index (χ1n) is 5.45. The summed E-state index contributed by atoms with van der Waals surface area (Å²) in [7, 11) is 0. The summed E-state index contributed by atoms with van der Waals surface area (Å²) in [4.78, 5) is 11.5. The predicted molar refractivity (Wildman–Crippen MR) is 61.7 cm³/mol. The number of anilines is 1. The van der Waals surface area contributed by atoms with E-state index in [4.69, 9.17) is 10.5 Å². The van der Waals surface area contributed by atoms with Gasteiger partial charge in [0, 0.05) is 17.7 Å². The first-order valence-corrected chi connectivity index (χ1v) is 5.45. The fraction of sp³-hybridized carbons (Fsp3) is 0.417. The van der Waals surface area contributed by atoms with Crippen molar-refractivity contribution in [3.63, 3.8) is 0 Å². The highest BCUT2D eigenvalue weighted by Crippen LogP contribution is 2.27. The summed E-state index contributed by atoms with van der Waals surface area (Å²) in [5.41, 5.74) is 5.59. The summed E-state index contributed by atoms with van der Waals surface area (Å²) in [5.74, 6) is -0.542. The minimum atomic E-state index is -0.868. The molecule has 1 aromatic rings. The number of amides is 1. The molecule has 0 aliphatic carbocycles. The minimum Gasteiger partial charge on any atom is -0.399 e. The molecule has 1 heterocycles. The molecular weight excluding hydrogens is 223 g/mol. The summed E-state index contributed by atoms with van der Waals surface area (Å²) < 4.78 is 19.1. The maximum Gasteiger partial charge on any atom is 0.223 e. The zero-order chi connectivity index (χ0) is 12.5. The number of benzene rings is 1. The van der Waals surface area contributed by atoms with E-state index in [0.29, 0.717) is 24.3 Å². The maximum atomic E-state index is 13.8. The second-order valence-corrected chi connectivity index (χ2v) is 4.42. The maximum absolute atomic E-state index is 13.8. The van der Waals surface area contributed by atoms with E-state index >= 15 is 0 Å². The number of nitrogen functional groups attached to an aromatic ring is 1. The standard InChI is InChI=1S/C12H15FN2O2/c1-12(7-17-5-4-11(16)15-12)9-6-8(14)2-3-10(9)13/h2-3,6H,4-5,7,14H2,1H3,(H,15,16). The highest BCUT2D eigenvalue weighted by molar-refractivity contribution is 5.77. The number of halogens is 1. The van der Waals surface area contributed by atoms with Crippen molar-refractivity contribution in [3.8, 4) is 0 Å². The van der Waals surface area contributed by atoms with Gasteiger partial charge in [-0.1, -0.05) is 0 Å². The average Bonchev–Trinajstić information content (AvgIpc) is 2.44. The number of hydrogen-bond donors (Lipinski definition) is 2. The molecule has 1 aliphatic heterocycles. The summed E-state index contributed by atoms with van der Waals surface area (Å²) in [6, 6.07) is 4.32. The number of carbonyl (C=O) groups excluding carboxylic acids is 1. The van der Waals surface area contributed by atoms with Gasteiger partial charge in [0.1, 0.15) is 5.82 Å². The zero-order valence-corrected chi connectivity index (χ0v) is 9.63. The molecule has 3 N–H and O–H groups in total. The van der Waals surface area contributed by atoms with Crippen LogP contribution in [-0.2, 0) is 15.1 Å². The number of nitrogens with two attached hydrogens (primary N) is 1. The third-order valence-corrected chi connectivity index (χ3v) is 2.86. The van der Waals surface area contributed by atoms with Crippen LogP contribution in [-0.4, -0.2) is 19.1 Å². The van der Waals surface area contributed by atoms with Crippen LogP contribution >= 0.6 is 0 Å². The molecular formula is C12H15FN2O2. The van der Waals surface area contributed by atoms with Crippen LogP contribution in [0, 0.1) is 5.82 Å². The lowest BCUT2D eigenvalue weighted by molar-refractivity contribution is -0.122. The van der Waals surface area contributed by atoms with E-state index in [0.717, 1.165) is 0 Å². The van der Waals surface area contributed by atoms with E-state index in [1.807, 2.05) is 0 Å². The molecule has 1 aromatic carbocycles. The molecule has 1 atom stereocenters. The second-order valence-electron chi connectivity index (χ2n) is 4.42. The average molecular weight is 238 g/mol. The number of hydrogen-bond acceptors (Lipinski definition) is 3. The summed E-state index contributed by atoms with van der Waals surface area (Å²) in [6.07, 6.45) is 0.291. The van der Waals surface area contributed by atoms with Crippen LogP contribution in [0.2, 0.25) is 0 Å². The molecule has 5 heteroatoms. The van der Waals surface area contributed by atoms with Gasteiger partial charge in [0.25, 0.3) is 0 Å². The first kappa shape index (κ1) is 11.9. The Morgan fingerprint density at radius 3 is 3.06 bits per heavy atom.